The van der Waals surface area contributed by atoms with Gasteiger partial charge in [-0.1, -0.05) is 24.3 Å². The van der Waals surface area contributed by atoms with Crippen molar-refractivity contribution < 1.29 is 19.4 Å². The van der Waals surface area contributed by atoms with E-state index in [1.807, 2.05) is 47.9 Å². The summed E-state index contributed by atoms with van der Waals surface area (Å²) in [6.07, 6.45) is 5.80. The van der Waals surface area contributed by atoms with Crippen LogP contribution in [0.5, 0.6) is 5.75 Å². The van der Waals surface area contributed by atoms with Crippen LogP contribution in [0.3, 0.4) is 0 Å². The fourth-order valence-corrected chi connectivity index (χ4v) is 6.17. The van der Waals surface area contributed by atoms with Crippen LogP contribution in [0.15, 0.2) is 36.4 Å². The van der Waals surface area contributed by atoms with Gasteiger partial charge >= 0.3 is 5.97 Å². The Kier molecular flexibility index (Phi) is 8.17. The molecule has 1 amide bonds. The molecule has 8 heteroatoms. The minimum absolute atomic E-state index is 0.0545. The van der Waals surface area contributed by atoms with Crippen LogP contribution >= 0.6 is 0 Å². The van der Waals surface area contributed by atoms with Crippen LogP contribution in [-0.4, -0.2) is 70.6 Å². The Bertz CT molecular complexity index is 1140. The van der Waals surface area contributed by atoms with Gasteiger partial charge in [0, 0.05) is 44.0 Å². The second-order valence-corrected chi connectivity index (χ2v) is 11.2. The standard InChI is InChI=1S/C30H40N4O4/c1-20(2)38-26-8-4-3-7-25(26)27(30(36)37)34-17-13-23(19-34)29(35)33-15-11-21(12-16-33)18-24-10-9-22-6-5-14-31-28(22)32-24/h3-4,7-10,20-21,23,27H,5-6,11-19H2,1-2H3,(H,31,32)(H,36,37)/t23-,27-/m1/s1. The van der Waals surface area contributed by atoms with Crippen molar-refractivity contribution in [2.45, 2.75) is 64.5 Å². The molecule has 1 aromatic heterocycles. The van der Waals surface area contributed by atoms with Crippen LogP contribution in [0.4, 0.5) is 5.82 Å². The van der Waals surface area contributed by atoms with Gasteiger partial charge in [0.2, 0.25) is 5.91 Å². The summed E-state index contributed by atoms with van der Waals surface area (Å²) in [7, 11) is 0. The van der Waals surface area contributed by atoms with Gasteiger partial charge in [-0.25, -0.2) is 4.98 Å². The molecule has 0 bridgehead atoms. The van der Waals surface area contributed by atoms with Gasteiger partial charge < -0.3 is 20.1 Å². The fraction of sp³-hybridized carbons (Fsp3) is 0.567. The number of anilines is 1. The largest absolute Gasteiger partial charge is 0.491 e. The third-order valence-corrected chi connectivity index (χ3v) is 8.12. The van der Waals surface area contributed by atoms with Gasteiger partial charge in [0.05, 0.1) is 12.0 Å². The SMILES string of the molecule is CC(C)Oc1ccccc1[C@H](C(=O)O)N1CC[C@@H](C(=O)N2CCC(Cc3ccc4c(n3)NCCC4)CC2)C1. The van der Waals surface area contributed by atoms with Crippen molar-refractivity contribution in [2.24, 2.45) is 11.8 Å². The quantitative estimate of drug-likeness (QED) is 0.540. The number of rotatable bonds is 8. The van der Waals surface area contributed by atoms with Crippen molar-refractivity contribution in [3.05, 3.63) is 53.2 Å². The normalized spacial score (nSPS) is 21.1. The van der Waals surface area contributed by atoms with Gasteiger partial charge in [-0.3, -0.25) is 14.5 Å². The number of nitrogens with one attached hydrogen (secondary N) is 1. The molecular formula is C30H40N4O4. The average Bonchev–Trinajstić information content (AvgIpc) is 3.39. The number of piperidine rings is 1. The number of carbonyl (C=O) groups excluding carboxylic acids is 1. The van der Waals surface area contributed by atoms with E-state index in [4.69, 9.17) is 9.72 Å². The van der Waals surface area contributed by atoms with E-state index in [1.54, 1.807) is 0 Å². The van der Waals surface area contributed by atoms with E-state index in [0.29, 0.717) is 36.7 Å². The zero-order valence-corrected chi connectivity index (χ0v) is 22.6. The number of carbonyl (C=O) groups is 2. The molecule has 2 atom stereocenters. The third kappa shape index (κ3) is 5.96. The number of carboxylic acid groups (broad SMARTS) is 1. The maximum absolute atomic E-state index is 13.4. The first-order chi connectivity index (χ1) is 18.4. The third-order valence-electron chi connectivity index (χ3n) is 8.12. The molecule has 0 radical (unpaired) electrons. The number of hydrogen-bond acceptors (Lipinski definition) is 6. The van der Waals surface area contributed by atoms with E-state index >= 15 is 0 Å². The Morgan fingerprint density at radius 1 is 1.11 bits per heavy atom. The van der Waals surface area contributed by atoms with Crippen LogP contribution in [0.2, 0.25) is 0 Å². The Morgan fingerprint density at radius 2 is 1.89 bits per heavy atom. The number of likely N-dealkylation sites (tertiary alicyclic amines) is 2. The molecule has 5 rings (SSSR count). The minimum atomic E-state index is -0.912. The number of hydrogen-bond donors (Lipinski definition) is 2. The summed E-state index contributed by atoms with van der Waals surface area (Å²) in [6, 6.07) is 10.9. The molecule has 204 valence electrons. The van der Waals surface area contributed by atoms with Gasteiger partial charge in [-0.05, 0) is 76.0 Å². The zero-order chi connectivity index (χ0) is 26.6. The molecule has 1 aromatic carbocycles. The fourth-order valence-electron chi connectivity index (χ4n) is 6.17. The van der Waals surface area contributed by atoms with E-state index in [1.165, 1.54) is 5.56 Å². The van der Waals surface area contributed by atoms with Gasteiger partial charge in [-0.2, -0.15) is 0 Å². The molecular weight excluding hydrogens is 480 g/mol. The molecule has 3 aliphatic heterocycles. The lowest BCUT2D eigenvalue weighted by atomic mass is 9.91. The number of amides is 1. The van der Waals surface area contributed by atoms with E-state index < -0.39 is 12.0 Å². The highest BCUT2D eigenvalue weighted by molar-refractivity contribution is 5.80. The van der Waals surface area contributed by atoms with E-state index in [-0.39, 0.29) is 17.9 Å². The summed E-state index contributed by atoms with van der Waals surface area (Å²) >= 11 is 0. The van der Waals surface area contributed by atoms with Crippen LogP contribution in [0.25, 0.3) is 0 Å². The molecule has 4 heterocycles. The number of carboxylic acids is 1. The zero-order valence-electron chi connectivity index (χ0n) is 22.6. The molecule has 8 nitrogen and oxygen atoms in total. The molecule has 38 heavy (non-hydrogen) atoms. The van der Waals surface area contributed by atoms with Gasteiger partial charge in [0.1, 0.15) is 17.6 Å². The predicted octanol–water partition coefficient (Wildman–Crippen LogP) is 4.16. The number of aliphatic carboxylic acids is 1. The highest BCUT2D eigenvalue weighted by Crippen LogP contribution is 2.35. The van der Waals surface area contributed by atoms with Gasteiger partial charge in [0.15, 0.2) is 0 Å². The Balaban J connectivity index is 1.16. The topological polar surface area (TPSA) is 95.0 Å². The molecule has 2 saturated heterocycles. The van der Waals surface area contributed by atoms with Gasteiger partial charge in [-0.15, -0.1) is 0 Å². The van der Waals surface area contributed by atoms with Crippen LogP contribution < -0.4 is 10.1 Å². The molecule has 0 saturated carbocycles. The summed E-state index contributed by atoms with van der Waals surface area (Å²) in [5.41, 5.74) is 3.09. The van der Waals surface area contributed by atoms with Crippen LogP contribution in [0.1, 0.15) is 62.4 Å². The second kappa shape index (κ2) is 11.7. The monoisotopic (exact) mass is 520 g/mol. The van der Waals surface area contributed by atoms with Crippen molar-refractivity contribution in [1.82, 2.24) is 14.8 Å². The lowest BCUT2D eigenvalue weighted by Crippen LogP contribution is -2.43. The number of aryl methyl sites for hydroxylation is 1. The van der Waals surface area contributed by atoms with Crippen molar-refractivity contribution in [1.29, 1.82) is 0 Å². The first kappa shape index (κ1) is 26.5. The predicted molar refractivity (Wildman–Crippen MR) is 146 cm³/mol. The van der Waals surface area contributed by atoms with Crippen LogP contribution in [-0.2, 0) is 22.4 Å². The first-order valence-corrected chi connectivity index (χ1v) is 14.1. The number of pyridine rings is 1. The van der Waals surface area contributed by atoms with E-state index in [0.717, 1.165) is 63.3 Å². The van der Waals surface area contributed by atoms with Crippen molar-refractivity contribution in [3.8, 4) is 5.75 Å². The molecule has 2 fully saturated rings. The summed E-state index contributed by atoms with van der Waals surface area (Å²) < 4.78 is 5.91. The smallest absolute Gasteiger partial charge is 0.325 e. The molecule has 0 unspecified atom stereocenters. The summed E-state index contributed by atoms with van der Waals surface area (Å²) in [5.74, 6) is 1.26. The second-order valence-electron chi connectivity index (χ2n) is 11.2. The number of aromatic nitrogens is 1. The lowest BCUT2D eigenvalue weighted by molar-refractivity contribution is -0.144. The Labute approximate surface area is 225 Å². The number of fused-ring (bicyclic) bond motifs is 1. The maximum Gasteiger partial charge on any atom is 0.325 e. The summed E-state index contributed by atoms with van der Waals surface area (Å²) in [4.78, 5) is 34.6. The summed E-state index contributed by atoms with van der Waals surface area (Å²) in [5, 5.41) is 13.6. The van der Waals surface area contributed by atoms with Gasteiger partial charge in [0.25, 0.3) is 0 Å². The number of ether oxygens (including phenoxy) is 1. The van der Waals surface area contributed by atoms with Crippen molar-refractivity contribution >= 4 is 17.7 Å². The maximum atomic E-state index is 13.4. The molecule has 3 aliphatic rings. The highest BCUT2D eigenvalue weighted by Gasteiger charge is 2.39. The molecule has 0 spiro atoms. The van der Waals surface area contributed by atoms with E-state index in [9.17, 15) is 14.7 Å². The van der Waals surface area contributed by atoms with Crippen LogP contribution in [0, 0.1) is 11.8 Å². The van der Waals surface area contributed by atoms with E-state index in [2.05, 4.69) is 17.4 Å². The molecule has 2 N–H and O–H groups in total. The lowest BCUT2D eigenvalue weighted by Gasteiger charge is -2.34. The Hall–Kier alpha value is -3.13. The molecule has 2 aromatic rings. The minimum Gasteiger partial charge on any atom is -0.491 e. The first-order valence-electron chi connectivity index (χ1n) is 14.1. The Morgan fingerprint density at radius 3 is 2.66 bits per heavy atom. The summed E-state index contributed by atoms with van der Waals surface area (Å²) in [6.45, 7) is 7.42. The number of benzene rings is 1. The highest BCUT2D eigenvalue weighted by atomic mass is 16.5. The average molecular weight is 521 g/mol. The van der Waals surface area contributed by atoms with Crippen molar-refractivity contribution in [2.75, 3.05) is 38.0 Å². The number of para-hydroxylation sites is 1. The van der Waals surface area contributed by atoms with Crippen molar-refractivity contribution in [3.63, 3.8) is 0 Å². The molecule has 0 aliphatic carbocycles. The number of nitrogens with zero attached hydrogens (tertiary/aromatic N) is 3.